The van der Waals surface area contributed by atoms with E-state index in [1.807, 2.05) is 26.8 Å². The molecule has 0 radical (unpaired) electrons. The molecule has 1 aliphatic rings. The summed E-state index contributed by atoms with van der Waals surface area (Å²) in [4.78, 5) is 2.35. The zero-order valence-corrected chi connectivity index (χ0v) is 31.1. The summed E-state index contributed by atoms with van der Waals surface area (Å²) in [6, 6.07) is 37.2. The number of benzene rings is 4. The third-order valence-electron chi connectivity index (χ3n) is 9.36. The minimum Gasteiger partial charge on any atom is -0.598 e. The average molecular weight is 728 g/mol. The fourth-order valence-corrected chi connectivity index (χ4v) is 8.06. The Morgan fingerprint density at radius 3 is 1.90 bits per heavy atom. The van der Waals surface area contributed by atoms with Crippen LogP contribution in [0.25, 0.3) is 0 Å². The molecule has 0 bridgehead atoms. The zero-order valence-electron chi connectivity index (χ0n) is 28.8. The number of nitrogens with zero attached hydrogens (tertiary/aromatic N) is 3. The molecule has 1 saturated heterocycles. The number of ether oxygens (including phenoxy) is 1. The van der Waals surface area contributed by atoms with Crippen molar-refractivity contribution in [1.29, 1.82) is 0 Å². The molecular weight excluding hydrogens is 683 g/mol. The molecule has 5 aromatic rings. The predicted octanol–water partition coefficient (Wildman–Crippen LogP) is 9.60. The minimum absolute atomic E-state index is 0.153. The van der Waals surface area contributed by atoms with Crippen LogP contribution in [0.5, 0.6) is 5.75 Å². The van der Waals surface area contributed by atoms with Crippen molar-refractivity contribution in [2.45, 2.75) is 49.9 Å². The van der Waals surface area contributed by atoms with Gasteiger partial charge in [0.1, 0.15) is 22.6 Å². The molecule has 2 atom stereocenters. The SMILES string of the molecule is C=CCOc1cc(Cl)c(Cl)cc1C(N[S+]([O-])C(C)(C)C)C1CCN(c2ccn(C(c3ccccc3)(c3ccccc3)c3ccccc3)n2)CC1. The number of piperidine rings is 1. The van der Waals surface area contributed by atoms with E-state index in [0.717, 1.165) is 54.0 Å². The smallest absolute Gasteiger partial charge is 0.150 e. The van der Waals surface area contributed by atoms with Gasteiger partial charge in [0.15, 0.2) is 5.82 Å². The molecule has 4 aromatic carbocycles. The van der Waals surface area contributed by atoms with Crippen molar-refractivity contribution in [3.63, 3.8) is 0 Å². The third kappa shape index (κ3) is 7.48. The first-order chi connectivity index (χ1) is 24.1. The van der Waals surface area contributed by atoms with Crippen molar-refractivity contribution < 1.29 is 9.29 Å². The van der Waals surface area contributed by atoms with Gasteiger partial charge in [-0.1, -0.05) is 127 Å². The first-order valence-corrected chi connectivity index (χ1v) is 18.9. The Labute approximate surface area is 309 Å². The molecule has 6 rings (SSSR count). The Balaban J connectivity index is 1.33. The van der Waals surface area contributed by atoms with Crippen LogP contribution in [0.4, 0.5) is 5.82 Å². The molecule has 0 saturated carbocycles. The first-order valence-electron chi connectivity index (χ1n) is 17.0. The summed E-state index contributed by atoms with van der Waals surface area (Å²) in [6.45, 7) is 11.6. The van der Waals surface area contributed by atoms with Crippen LogP contribution in [0, 0.1) is 5.92 Å². The normalized spacial score (nSPS) is 15.4. The van der Waals surface area contributed by atoms with Crippen LogP contribution < -0.4 is 14.4 Å². The van der Waals surface area contributed by atoms with Gasteiger partial charge < -0.3 is 14.2 Å². The predicted molar refractivity (Wildman–Crippen MR) is 208 cm³/mol. The molecule has 50 heavy (non-hydrogen) atoms. The largest absolute Gasteiger partial charge is 0.598 e. The lowest BCUT2D eigenvalue weighted by Crippen LogP contribution is -2.46. The molecule has 260 valence electrons. The summed E-state index contributed by atoms with van der Waals surface area (Å²) in [5, 5.41) is 6.17. The topological polar surface area (TPSA) is 65.4 Å². The Bertz CT molecular complexity index is 1760. The standard InChI is InChI=1S/C41H44Cl2N4O2S/c1-5-27-49-37-29-36(43)35(42)28-34(37)39(45-50(48)40(2,3)4)30-21-24-46(25-22-30)38-23-26-47(44-38)41(31-15-9-6-10-16-31,32-17-11-7-12-18-32)33-19-13-8-14-20-33/h5-20,23,26,28-30,39,45H,1,21-22,24-25,27H2,2-4H3. The second-order valence-corrected chi connectivity index (χ2v) is 16.4. The maximum absolute atomic E-state index is 13.6. The molecule has 6 nitrogen and oxygen atoms in total. The number of aromatic nitrogens is 2. The summed E-state index contributed by atoms with van der Waals surface area (Å²) in [6.07, 6.45) is 5.48. The van der Waals surface area contributed by atoms with Crippen LogP contribution in [0.3, 0.4) is 0 Å². The highest BCUT2D eigenvalue weighted by Gasteiger charge is 2.41. The highest BCUT2D eigenvalue weighted by Crippen LogP contribution is 2.43. The van der Waals surface area contributed by atoms with Crippen LogP contribution >= 0.6 is 23.2 Å². The molecule has 0 spiro atoms. The van der Waals surface area contributed by atoms with Crippen LogP contribution in [0.2, 0.25) is 10.0 Å². The van der Waals surface area contributed by atoms with E-state index in [1.165, 1.54) is 0 Å². The monoisotopic (exact) mass is 726 g/mol. The Morgan fingerprint density at radius 2 is 1.40 bits per heavy atom. The maximum atomic E-state index is 13.6. The van der Waals surface area contributed by atoms with Gasteiger partial charge in [-0.2, -0.15) is 5.10 Å². The lowest BCUT2D eigenvalue weighted by molar-refractivity contribution is 0.306. The summed E-state index contributed by atoms with van der Waals surface area (Å²) < 4.78 is 24.8. The highest BCUT2D eigenvalue weighted by atomic mass is 35.5. The van der Waals surface area contributed by atoms with Crippen LogP contribution in [0.15, 0.2) is 128 Å². The van der Waals surface area contributed by atoms with Crippen molar-refractivity contribution in [3.05, 3.63) is 160 Å². The molecule has 1 N–H and O–H groups in total. The molecule has 0 amide bonds. The van der Waals surface area contributed by atoms with E-state index >= 15 is 0 Å². The molecule has 1 fully saturated rings. The van der Waals surface area contributed by atoms with Gasteiger partial charge in [-0.3, -0.25) is 4.68 Å². The lowest BCUT2D eigenvalue weighted by Gasteiger charge is -2.38. The van der Waals surface area contributed by atoms with Crippen molar-refractivity contribution in [3.8, 4) is 5.75 Å². The molecule has 0 aliphatic carbocycles. The van der Waals surface area contributed by atoms with Crippen LogP contribution in [-0.4, -0.2) is 38.8 Å². The summed E-state index contributed by atoms with van der Waals surface area (Å²) in [5.74, 6) is 1.69. The van der Waals surface area contributed by atoms with Gasteiger partial charge >= 0.3 is 0 Å². The summed E-state index contributed by atoms with van der Waals surface area (Å²) in [7, 11) is 0. The Hall–Kier alpha value is -3.72. The van der Waals surface area contributed by atoms with Crippen molar-refractivity contribution in [1.82, 2.24) is 14.5 Å². The van der Waals surface area contributed by atoms with Gasteiger partial charge in [0, 0.05) is 48.3 Å². The summed E-state index contributed by atoms with van der Waals surface area (Å²) >= 11 is 11.7. The van der Waals surface area contributed by atoms with E-state index in [4.69, 9.17) is 33.0 Å². The Morgan fingerprint density at radius 1 is 0.880 bits per heavy atom. The van der Waals surface area contributed by atoms with Gasteiger partial charge in [-0.05, 0) is 62.3 Å². The number of anilines is 1. The fourth-order valence-electron chi connectivity index (χ4n) is 6.83. The molecule has 1 aliphatic heterocycles. The second kappa shape index (κ2) is 15.7. The third-order valence-corrected chi connectivity index (χ3v) is 11.7. The van der Waals surface area contributed by atoms with E-state index < -0.39 is 21.6 Å². The minimum atomic E-state index is -1.33. The average Bonchev–Trinajstić information content (AvgIpc) is 3.63. The molecule has 2 heterocycles. The summed E-state index contributed by atoms with van der Waals surface area (Å²) in [5.41, 5.74) is 3.55. The first kappa shape index (κ1) is 36.1. The molecule has 1 aromatic heterocycles. The molecule has 9 heteroatoms. The fraction of sp³-hybridized carbons (Fsp3) is 0.293. The van der Waals surface area contributed by atoms with E-state index in [2.05, 4.69) is 124 Å². The van der Waals surface area contributed by atoms with Gasteiger partial charge in [-0.15, -0.1) is 4.72 Å². The lowest BCUT2D eigenvalue weighted by atomic mass is 9.77. The van der Waals surface area contributed by atoms with Gasteiger partial charge in [-0.25, -0.2) is 0 Å². The quantitative estimate of drug-likeness (QED) is 0.0788. The highest BCUT2D eigenvalue weighted by molar-refractivity contribution is 7.90. The van der Waals surface area contributed by atoms with Gasteiger partial charge in [0.2, 0.25) is 0 Å². The van der Waals surface area contributed by atoms with Crippen LogP contribution in [0.1, 0.15) is 61.9 Å². The van der Waals surface area contributed by atoms with Crippen LogP contribution in [-0.2, 0) is 16.9 Å². The Kier molecular flexibility index (Phi) is 11.3. The van der Waals surface area contributed by atoms with Crippen molar-refractivity contribution >= 4 is 40.4 Å². The van der Waals surface area contributed by atoms with E-state index in [-0.39, 0.29) is 12.0 Å². The van der Waals surface area contributed by atoms with E-state index in [1.54, 1.807) is 12.1 Å². The number of hydrogen-bond acceptors (Lipinski definition) is 5. The number of halogens is 2. The number of hydrogen-bond donors (Lipinski definition) is 1. The maximum Gasteiger partial charge on any atom is 0.150 e. The van der Waals surface area contributed by atoms with E-state index in [9.17, 15) is 4.55 Å². The molecular formula is C41H44Cl2N4O2S. The van der Waals surface area contributed by atoms with Crippen molar-refractivity contribution in [2.24, 2.45) is 5.92 Å². The van der Waals surface area contributed by atoms with Gasteiger partial charge in [0.05, 0.1) is 16.1 Å². The van der Waals surface area contributed by atoms with Crippen molar-refractivity contribution in [2.75, 3.05) is 24.6 Å². The van der Waals surface area contributed by atoms with E-state index in [0.29, 0.717) is 22.4 Å². The zero-order chi connectivity index (χ0) is 35.3. The number of rotatable bonds is 12. The van der Waals surface area contributed by atoms with Gasteiger partial charge in [0.25, 0.3) is 0 Å². The molecule has 2 unspecified atom stereocenters. The number of nitrogens with one attached hydrogen (secondary N) is 1. The second-order valence-electron chi connectivity index (χ2n) is 13.6.